The van der Waals surface area contributed by atoms with Gasteiger partial charge in [0.2, 0.25) is 0 Å². The van der Waals surface area contributed by atoms with Crippen molar-refractivity contribution in [3.63, 3.8) is 0 Å². The van der Waals surface area contributed by atoms with Crippen LogP contribution in [0.4, 0.5) is 5.69 Å². The van der Waals surface area contributed by atoms with Gasteiger partial charge in [-0.25, -0.2) is 0 Å². The van der Waals surface area contributed by atoms with Crippen molar-refractivity contribution in [1.29, 1.82) is 0 Å². The van der Waals surface area contributed by atoms with Gasteiger partial charge in [0, 0.05) is 16.6 Å². The first kappa shape index (κ1) is 13.5. The average Bonchev–Trinajstić information content (AvgIpc) is 2.82. The van der Waals surface area contributed by atoms with E-state index in [-0.39, 0.29) is 6.10 Å². The largest absolute Gasteiger partial charge is 0.488 e. The van der Waals surface area contributed by atoms with Gasteiger partial charge in [-0.05, 0) is 60.9 Å². The van der Waals surface area contributed by atoms with E-state index in [9.17, 15) is 0 Å². The number of halogens is 1. The third kappa shape index (κ3) is 2.83. The molecule has 0 radical (unpaired) electrons. The summed E-state index contributed by atoms with van der Waals surface area (Å²) in [5.74, 6) is 1.01. The van der Waals surface area contributed by atoms with E-state index in [0.29, 0.717) is 0 Å². The number of ether oxygens (including phenoxy) is 1. The summed E-state index contributed by atoms with van der Waals surface area (Å²) >= 11 is 3.50. The molecule has 104 valence electrons. The van der Waals surface area contributed by atoms with Crippen LogP contribution in [0.3, 0.4) is 0 Å². The first-order chi connectivity index (χ1) is 9.61. The zero-order valence-corrected chi connectivity index (χ0v) is 13.3. The summed E-state index contributed by atoms with van der Waals surface area (Å²) in [6, 6.07) is 12.7. The topological polar surface area (TPSA) is 21.3 Å². The maximum Gasteiger partial charge on any atom is 0.123 e. The Bertz CT molecular complexity index is 639. The molecule has 0 bridgehead atoms. The number of hydrogen-bond acceptors (Lipinski definition) is 2. The molecule has 3 rings (SSSR count). The van der Waals surface area contributed by atoms with Crippen LogP contribution in [0.5, 0.6) is 5.75 Å². The number of rotatable bonds is 3. The lowest BCUT2D eigenvalue weighted by molar-refractivity contribution is 0.246. The van der Waals surface area contributed by atoms with Crippen LogP contribution in [0.2, 0.25) is 0 Å². The molecule has 20 heavy (non-hydrogen) atoms. The van der Waals surface area contributed by atoms with Crippen LogP contribution >= 0.6 is 15.9 Å². The Labute approximate surface area is 128 Å². The number of fused-ring (bicyclic) bond motifs is 1. The van der Waals surface area contributed by atoms with Gasteiger partial charge >= 0.3 is 0 Å². The Morgan fingerprint density at radius 3 is 2.80 bits per heavy atom. The summed E-state index contributed by atoms with van der Waals surface area (Å²) in [4.78, 5) is 0. The minimum absolute atomic E-state index is 0.209. The fourth-order valence-corrected chi connectivity index (χ4v) is 2.89. The van der Waals surface area contributed by atoms with Crippen molar-refractivity contribution in [2.24, 2.45) is 0 Å². The molecule has 1 aliphatic heterocycles. The van der Waals surface area contributed by atoms with E-state index in [4.69, 9.17) is 4.74 Å². The van der Waals surface area contributed by atoms with E-state index < -0.39 is 0 Å². The molecule has 1 heterocycles. The minimum atomic E-state index is 0.209. The normalized spacial score (nSPS) is 16.6. The van der Waals surface area contributed by atoms with Crippen LogP contribution in [0.15, 0.2) is 40.9 Å². The highest BCUT2D eigenvalue weighted by Gasteiger charge is 2.22. The van der Waals surface area contributed by atoms with Gasteiger partial charge in [0.25, 0.3) is 0 Å². The van der Waals surface area contributed by atoms with Crippen LogP contribution in [-0.2, 0) is 6.42 Å². The van der Waals surface area contributed by atoms with E-state index in [1.807, 2.05) is 12.1 Å². The van der Waals surface area contributed by atoms with E-state index >= 15 is 0 Å². The molecule has 2 aromatic rings. The van der Waals surface area contributed by atoms with Crippen LogP contribution < -0.4 is 10.1 Å². The minimum Gasteiger partial charge on any atom is -0.488 e. The van der Waals surface area contributed by atoms with E-state index in [2.05, 4.69) is 59.4 Å². The van der Waals surface area contributed by atoms with E-state index in [0.717, 1.165) is 28.9 Å². The Morgan fingerprint density at radius 2 is 2.00 bits per heavy atom. The van der Waals surface area contributed by atoms with Crippen LogP contribution in [-0.4, -0.2) is 12.6 Å². The van der Waals surface area contributed by atoms with Gasteiger partial charge in [0.1, 0.15) is 11.9 Å². The average molecular weight is 332 g/mol. The Morgan fingerprint density at radius 1 is 1.15 bits per heavy atom. The predicted octanol–water partition coefficient (Wildman–Crippen LogP) is 4.48. The number of benzene rings is 2. The third-order valence-corrected chi connectivity index (χ3v) is 4.30. The molecule has 1 aliphatic rings. The molecule has 2 nitrogen and oxygen atoms in total. The molecule has 0 saturated heterocycles. The zero-order valence-electron chi connectivity index (χ0n) is 11.7. The molecule has 1 atom stereocenters. The SMILES string of the molecule is Cc1ccc(NCC2Cc3cc(Br)ccc3O2)cc1C. The molecule has 0 aliphatic carbocycles. The summed E-state index contributed by atoms with van der Waals surface area (Å²) in [5, 5.41) is 3.47. The molecule has 1 N–H and O–H groups in total. The van der Waals surface area contributed by atoms with Crippen LogP contribution in [0, 0.1) is 13.8 Å². The van der Waals surface area contributed by atoms with E-state index in [1.165, 1.54) is 16.7 Å². The molecule has 1 unspecified atom stereocenters. The van der Waals surface area contributed by atoms with Gasteiger partial charge in [0.15, 0.2) is 0 Å². The zero-order chi connectivity index (χ0) is 14.1. The van der Waals surface area contributed by atoms with Crippen LogP contribution in [0.25, 0.3) is 0 Å². The van der Waals surface area contributed by atoms with Crippen LogP contribution in [0.1, 0.15) is 16.7 Å². The molecule has 0 saturated carbocycles. The van der Waals surface area contributed by atoms with Gasteiger partial charge in [0.05, 0.1) is 6.54 Å². The maximum atomic E-state index is 5.95. The first-order valence-electron chi connectivity index (χ1n) is 6.88. The summed E-state index contributed by atoms with van der Waals surface area (Å²) in [6.45, 7) is 5.10. The first-order valence-corrected chi connectivity index (χ1v) is 7.67. The molecule has 0 amide bonds. The van der Waals surface area contributed by atoms with Crippen molar-refractivity contribution in [3.05, 3.63) is 57.6 Å². The van der Waals surface area contributed by atoms with Crippen molar-refractivity contribution in [3.8, 4) is 5.75 Å². The van der Waals surface area contributed by atoms with Gasteiger partial charge in [-0.15, -0.1) is 0 Å². The Balaban J connectivity index is 1.62. The second kappa shape index (κ2) is 5.49. The molecule has 0 spiro atoms. The molecule has 0 aromatic heterocycles. The number of anilines is 1. The summed E-state index contributed by atoms with van der Waals surface area (Å²) in [7, 11) is 0. The molecule has 0 fully saturated rings. The maximum absolute atomic E-state index is 5.95. The predicted molar refractivity (Wildman–Crippen MR) is 86.7 cm³/mol. The van der Waals surface area contributed by atoms with Crippen molar-refractivity contribution in [2.75, 3.05) is 11.9 Å². The molecule has 2 aromatic carbocycles. The quantitative estimate of drug-likeness (QED) is 0.895. The van der Waals surface area contributed by atoms with Gasteiger partial charge < -0.3 is 10.1 Å². The van der Waals surface area contributed by atoms with Crippen molar-refractivity contribution in [2.45, 2.75) is 26.4 Å². The standard InChI is InChI=1S/C17H18BrNO/c1-11-3-5-15(7-12(11)2)19-10-16-9-13-8-14(18)4-6-17(13)20-16/h3-8,16,19H,9-10H2,1-2H3. The number of hydrogen-bond donors (Lipinski definition) is 1. The number of nitrogens with one attached hydrogen (secondary N) is 1. The Kier molecular flexibility index (Phi) is 3.70. The van der Waals surface area contributed by atoms with Crippen molar-refractivity contribution >= 4 is 21.6 Å². The van der Waals surface area contributed by atoms with E-state index in [1.54, 1.807) is 0 Å². The molecular weight excluding hydrogens is 314 g/mol. The second-order valence-corrected chi connectivity index (χ2v) is 6.29. The lowest BCUT2D eigenvalue weighted by atomic mass is 10.1. The highest BCUT2D eigenvalue weighted by molar-refractivity contribution is 9.10. The fourth-order valence-electron chi connectivity index (χ4n) is 2.49. The van der Waals surface area contributed by atoms with Crippen molar-refractivity contribution < 1.29 is 4.74 Å². The van der Waals surface area contributed by atoms with Gasteiger partial charge in [-0.2, -0.15) is 0 Å². The van der Waals surface area contributed by atoms with Gasteiger partial charge in [-0.1, -0.05) is 22.0 Å². The molecular formula is C17H18BrNO. The second-order valence-electron chi connectivity index (χ2n) is 5.38. The smallest absolute Gasteiger partial charge is 0.123 e. The van der Waals surface area contributed by atoms with Crippen molar-refractivity contribution in [1.82, 2.24) is 0 Å². The lowest BCUT2D eigenvalue weighted by Gasteiger charge is -2.13. The third-order valence-electron chi connectivity index (χ3n) is 3.80. The highest BCUT2D eigenvalue weighted by atomic mass is 79.9. The summed E-state index contributed by atoms with van der Waals surface area (Å²) in [6.07, 6.45) is 1.17. The summed E-state index contributed by atoms with van der Waals surface area (Å²) < 4.78 is 7.07. The summed E-state index contributed by atoms with van der Waals surface area (Å²) in [5.41, 5.74) is 5.08. The monoisotopic (exact) mass is 331 g/mol. The highest BCUT2D eigenvalue weighted by Crippen LogP contribution is 2.31. The Hall–Kier alpha value is -1.48. The van der Waals surface area contributed by atoms with Gasteiger partial charge in [-0.3, -0.25) is 0 Å². The fraction of sp³-hybridized carbons (Fsp3) is 0.294. The number of aryl methyl sites for hydroxylation is 2. The lowest BCUT2D eigenvalue weighted by Crippen LogP contribution is -2.23. The molecule has 3 heteroatoms.